The summed E-state index contributed by atoms with van der Waals surface area (Å²) in [5, 5.41) is 2.83. The molecule has 0 radical (unpaired) electrons. The molecule has 4 aliphatic heterocycles. The predicted molar refractivity (Wildman–Crippen MR) is 76.0 cm³/mol. The van der Waals surface area contributed by atoms with Crippen LogP contribution in [0.5, 0.6) is 0 Å². The minimum absolute atomic E-state index is 0.0172. The van der Waals surface area contributed by atoms with Crippen LogP contribution >= 0.6 is 0 Å². The van der Waals surface area contributed by atoms with Crippen LogP contribution < -0.4 is 5.32 Å². The highest BCUT2D eigenvalue weighted by molar-refractivity contribution is 5.97. The van der Waals surface area contributed by atoms with Crippen LogP contribution in [0.2, 0.25) is 0 Å². The molecule has 0 aromatic heterocycles. The van der Waals surface area contributed by atoms with Crippen molar-refractivity contribution in [1.82, 2.24) is 15.1 Å². The normalized spacial score (nSPS) is 41.2. The van der Waals surface area contributed by atoms with Crippen molar-refractivity contribution in [1.29, 1.82) is 0 Å². The molecule has 0 aliphatic carbocycles. The summed E-state index contributed by atoms with van der Waals surface area (Å²) >= 11 is 0. The first-order chi connectivity index (χ1) is 9.49. The SMILES string of the molecule is CC1NC(=O)C(C(C)C)N(C2CN3CCC2CC3)C1=O. The molecule has 0 spiro atoms. The van der Waals surface area contributed by atoms with Gasteiger partial charge < -0.3 is 15.1 Å². The van der Waals surface area contributed by atoms with Gasteiger partial charge in [-0.1, -0.05) is 13.8 Å². The molecule has 0 aromatic carbocycles. The van der Waals surface area contributed by atoms with Crippen molar-refractivity contribution >= 4 is 11.8 Å². The number of hydrogen-bond acceptors (Lipinski definition) is 3. The van der Waals surface area contributed by atoms with E-state index in [-0.39, 0.29) is 35.9 Å². The smallest absolute Gasteiger partial charge is 0.245 e. The third-order valence-corrected chi connectivity index (χ3v) is 5.16. The van der Waals surface area contributed by atoms with Crippen LogP contribution in [-0.2, 0) is 9.59 Å². The molecule has 112 valence electrons. The molecule has 5 nitrogen and oxygen atoms in total. The van der Waals surface area contributed by atoms with E-state index in [0.29, 0.717) is 5.92 Å². The molecular weight excluding hydrogens is 254 g/mol. The van der Waals surface area contributed by atoms with Gasteiger partial charge in [-0.3, -0.25) is 9.59 Å². The standard InChI is InChI=1S/C15H25N3O2/c1-9(2)13-14(19)16-10(3)15(20)18(13)12-8-17-6-4-11(12)5-7-17/h9-13H,4-8H2,1-3H3,(H,16,19). The average Bonchev–Trinajstić information content (AvgIpc) is 2.43. The predicted octanol–water partition coefficient (Wildman–Crippen LogP) is 0.452. The lowest BCUT2D eigenvalue weighted by Crippen LogP contribution is -2.70. The Bertz CT molecular complexity index is 415. The lowest BCUT2D eigenvalue weighted by molar-refractivity contribution is -0.158. The van der Waals surface area contributed by atoms with Crippen LogP contribution in [0.1, 0.15) is 33.6 Å². The number of fused-ring (bicyclic) bond motifs is 3. The Kier molecular flexibility index (Phi) is 3.48. The summed E-state index contributed by atoms with van der Waals surface area (Å²) in [6, 6.07) is -0.455. The summed E-state index contributed by atoms with van der Waals surface area (Å²) in [6.45, 7) is 9.10. The van der Waals surface area contributed by atoms with Crippen molar-refractivity contribution < 1.29 is 9.59 Å². The molecule has 4 rings (SSSR count). The van der Waals surface area contributed by atoms with Gasteiger partial charge in [-0.05, 0) is 44.7 Å². The van der Waals surface area contributed by atoms with Crippen molar-refractivity contribution in [2.75, 3.05) is 19.6 Å². The van der Waals surface area contributed by atoms with Gasteiger partial charge in [0.2, 0.25) is 11.8 Å². The Hall–Kier alpha value is -1.10. The van der Waals surface area contributed by atoms with Crippen LogP contribution in [0.3, 0.4) is 0 Å². The van der Waals surface area contributed by atoms with Gasteiger partial charge in [-0.25, -0.2) is 0 Å². The molecule has 0 saturated carbocycles. The third kappa shape index (κ3) is 2.12. The van der Waals surface area contributed by atoms with Gasteiger partial charge in [0.25, 0.3) is 0 Å². The highest BCUT2D eigenvalue weighted by Gasteiger charge is 2.48. The van der Waals surface area contributed by atoms with Gasteiger partial charge >= 0.3 is 0 Å². The van der Waals surface area contributed by atoms with Crippen LogP contribution in [0, 0.1) is 11.8 Å². The van der Waals surface area contributed by atoms with Crippen LogP contribution in [-0.4, -0.2) is 59.4 Å². The summed E-state index contributed by atoms with van der Waals surface area (Å²) in [5.74, 6) is 0.843. The number of hydrogen-bond donors (Lipinski definition) is 1. The second kappa shape index (κ2) is 5.02. The number of amides is 2. The van der Waals surface area contributed by atoms with E-state index in [2.05, 4.69) is 10.2 Å². The molecule has 3 unspecified atom stereocenters. The molecule has 0 aromatic rings. The molecule has 20 heavy (non-hydrogen) atoms. The lowest BCUT2D eigenvalue weighted by atomic mass is 9.81. The number of nitrogens with one attached hydrogen (secondary N) is 1. The van der Waals surface area contributed by atoms with Crippen LogP contribution in [0.4, 0.5) is 0 Å². The second-order valence-corrected chi connectivity index (χ2v) is 6.87. The minimum atomic E-state index is -0.382. The van der Waals surface area contributed by atoms with E-state index < -0.39 is 0 Å². The van der Waals surface area contributed by atoms with E-state index in [4.69, 9.17) is 0 Å². The highest BCUT2D eigenvalue weighted by atomic mass is 16.2. The summed E-state index contributed by atoms with van der Waals surface area (Å²) < 4.78 is 0. The number of piperidine rings is 3. The fraction of sp³-hybridized carbons (Fsp3) is 0.867. The summed E-state index contributed by atoms with van der Waals surface area (Å²) in [5.41, 5.74) is 0. The largest absolute Gasteiger partial charge is 0.343 e. The maximum absolute atomic E-state index is 12.7. The van der Waals surface area contributed by atoms with Crippen molar-refractivity contribution in [3.63, 3.8) is 0 Å². The maximum Gasteiger partial charge on any atom is 0.245 e. The summed E-state index contributed by atoms with van der Waals surface area (Å²) in [6.07, 6.45) is 2.32. The van der Waals surface area contributed by atoms with E-state index >= 15 is 0 Å². The first-order valence-electron chi connectivity index (χ1n) is 7.84. The second-order valence-electron chi connectivity index (χ2n) is 6.87. The zero-order chi connectivity index (χ0) is 14.4. The number of rotatable bonds is 2. The van der Waals surface area contributed by atoms with Gasteiger partial charge in [-0.15, -0.1) is 0 Å². The highest BCUT2D eigenvalue weighted by Crippen LogP contribution is 2.34. The fourth-order valence-electron chi connectivity index (χ4n) is 4.09. The third-order valence-electron chi connectivity index (χ3n) is 5.16. The van der Waals surface area contributed by atoms with Gasteiger partial charge in [0.05, 0.1) is 0 Å². The van der Waals surface area contributed by atoms with Gasteiger partial charge in [-0.2, -0.15) is 0 Å². The van der Waals surface area contributed by atoms with E-state index in [0.717, 1.165) is 32.5 Å². The zero-order valence-corrected chi connectivity index (χ0v) is 12.6. The van der Waals surface area contributed by atoms with E-state index in [9.17, 15) is 9.59 Å². The Labute approximate surface area is 120 Å². The van der Waals surface area contributed by atoms with Crippen molar-refractivity contribution in [2.45, 2.75) is 51.7 Å². The molecule has 4 saturated heterocycles. The average molecular weight is 279 g/mol. The molecule has 5 heteroatoms. The Morgan fingerprint density at radius 3 is 2.35 bits per heavy atom. The molecule has 4 fully saturated rings. The first kappa shape index (κ1) is 13.9. The minimum Gasteiger partial charge on any atom is -0.343 e. The number of carbonyl (C=O) groups excluding carboxylic acids is 2. The Balaban J connectivity index is 1.90. The van der Waals surface area contributed by atoms with Crippen molar-refractivity contribution in [2.24, 2.45) is 11.8 Å². The van der Waals surface area contributed by atoms with Crippen molar-refractivity contribution in [3.8, 4) is 0 Å². The Morgan fingerprint density at radius 1 is 1.20 bits per heavy atom. The molecule has 2 amide bonds. The van der Waals surface area contributed by atoms with Gasteiger partial charge in [0.15, 0.2) is 0 Å². The van der Waals surface area contributed by atoms with Gasteiger partial charge in [0.1, 0.15) is 12.1 Å². The molecular formula is C15H25N3O2. The van der Waals surface area contributed by atoms with Gasteiger partial charge in [0, 0.05) is 12.6 Å². The molecule has 1 N–H and O–H groups in total. The lowest BCUT2D eigenvalue weighted by Gasteiger charge is -2.53. The summed E-state index contributed by atoms with van der Waals surface area (Å²) in [7, 11) is 0. The molecule has 2 bridgehead atoms. The maximum atomic E-state index is 12.7. The topological polar surface area (TPSA) is 52.7 Å². The number of carbonyl (C=O) groups is 2. The number of piperazine rings is 1. The van der Waals surface area contributed by atoms with Crippen molar-refractivity contribution in [3.05, 3.63) is 0 Å². The van der Waals surface area contributed by atoms with E-state index in [1.807, 2.05) is 18.7 Å². The molecule has 4 aliphatic rings. The Morgan fingerprint density at radius 2 is 1.85 bits per heavy atom. The molecule has 4 heterocycles. The summed E-state index contributed by atoms with van der Waals surface area (Å²) in [4.78, 5) is 29.4. The number of nitrogens with zero attached hydrogens (tertiary/aromatic N) is 2. The quantitative estimate of drug-likeness (QED) is 0.798. The molecule has 3 atom stereocenters. The zero-order valence-electron chi connectivity index (χ0n) is 12.6. The first-order valence-corrected chi connectivity index (χ1v) is 7.84. The van der Waals surface area contributed by atoms with E-state index in [1.165, 1.54) is 0 Å². The van der Waals surface area contributed by atoms with Crippen LogP contribution in [0.15, 0.2) is 0 Å². The fourth-order valence-corrected chi connectivity index (χ4v) is 4.09. The van der Waals surface area contributed by atoms with E-state index in [1.54, 1.807) is 6.92 Å². The van der Waals surface area contributed by atoms with Crippen LogP contribution in [0.25, 0.3) is 0 Å². The monoisotopic (exact) mass is 279 g/mol.